The van der Waals surface area contributed by atoms with E-state index < -0.39 is 0 Å². The minimum Gasteiger partial charge on any atom is -0.375 e. The Labute approximate surface area is 180 Å². The number of allylic oxidation sites excluding steroid dienone is 1. The molecule has 2 saturated heterocycles. The molecule has 0 spiro atoms. The van der Waals surface area contributed by atoms with Gasteiger partial charge >= 0.3 is 0 Å². The first-order valence-corrected chi connectivity index (χ1v) is 11.7. The summed E-state index contributed by atoms with van der Waals surface area (Å²) in [5.74, 6) is 2.31. The highest BCUT2D eigenvalue weighted by atomic mass is 16.5. The van der Waals surface area contributed by atoms with Gasteiger partial charge in [0.05, 0.1) is 36.2 Å². The van der Waals surface area contributed by atoms with Gasteiger partial charge in [0.15, 0.2) is 17.0 Å². The van der Waals surface area contributed by atoms with Crippen molar-refractivity contribution in [3.8, 4) is 0 Å². The predicted molar refractivity (Wildman–Crippen MR) is 117 cm³/mol. The summed E-state index contributed by atoms with van der Waals surface area (Å²) < 4.78 is 8.21. The van der Waals surface area contributed by atoms with Crippen molar-refractivity contribution in [2.24, 2.45) is 0 Å². The zero-order chi connectivity index (χ0) is 20.4. The standard InChI is InChI=1S/C23H27N7O/c1-2-4-18-17(3-1)26-20(27-18)12-25-22-21-23(28-19(11-24-21)13-5-6-13)30(29-22)14-9-15-7-8-16(10-14)31-15/h1,3,11,13-16H,2,4-10,12H2,(H,25,29)(H,26,27). The molecule has 8 heteroatoms. The van der Waals surface area contributed by atoms with E-state index in [-0.39, 0.29) is 0 Å². The fraction of sp³-hybridized carbons (Fsp3) is 0.565. The van der Waals surface area contributed by atoms with Crippen molar-refractivity contribution in [1.29, 1.82) is 0 Å². The maximum Gasteiger partial charge on any atom is 0.179 e. The molecule has 2 aliphatic carbocycles. The Morgan fingerprint density at radius 1 is 1.13 bits per heavy atom. The summed E-state index contributed by atoms with van der Waals surface area (Å²) in [5.41, 5.74) is 5.17. The van der Waals surface area contributed by atoms with Gasteiger partial charge in [0.2, 0.25) is 0 Å². The van der Waals surface area contributed by atoms with Crippen LogP contribution in [0.15, 0.2) is 12.3 Å². The van der Waals surface area contributed by atoms with E-state index in [1.54, 1.807) is 0 Å². The third-order valence-electron chi connectivity index (χ3n) is 7.15. The normalized spacial score (nSPS) is 27.0. The number of ether oxygens (including phenoxy) is 1. The molecule has 2 bridgehead atoms. The van der Waals surface area contributed by atoms with Crippen LogP contribution >= 0.6 is 0 Å². The number of aromatic nitrogens is 6. The number of nitrogens with one attached hydrogen (secondary N) is 2. The smallest absolute Gasteiger partial charge is 0.179 e. The predicted octanol–water partition coefficient (Wildman–Crippen LogP) is 3.88. The molecule has 4 aliphatic rings. The van der Waals surface area contributed by atoms with Crippen LogP contribution < -0.4 is 5.32 Å². The van der Waals surface area contributed by atoms with Crippen LogP contribution in [-0.4, -0.2) is 41.9 Å². The SMILES string of the molecule is C1=Cc2nc(CNc3nn(C4CC5CCC(C4)O5)c4nc(C5CC5)cnc34)[nH]c2CC1. The Kier molecular flexibility index (Phi) is 3.97. The van der Waals surface area contributed by atoms with Crippen LogP contribution in [0.2, 0.25) is 0 Å². The highest BCUT2D eigenvalue weighted by Crippen LogP contribution is 2.42. The minimum absolute atomic E-state index is 0.328. The van der Waals surface area contributed by atoms with E-state index in [1.165, 1.54) is 31.4 Å². The molecule has 0 aromatic carbocycles. The third-order valence-corrected chi connectivity index (χ3v) is 7.15. The van der Waals surface area contributed by atoms with Crippen LogP contribution in [-0.2, 0) is 17.7 Å². The second-order valence-corrected chi connectivity index (χ2v) is 9.46. The number of imidazole rings is 1. The van der Waals surface area contributed by atoms with E-state index >= 15 is 0 Å². The molecule has 2 atom stereocenters. The number of anilines is 1. The summed E-state index contributed by atoms with van der Waals surface area (Å²) in [5, 5.41) is 8.49. The zero-order valence-electron chi connectivity index (χ0n) is 17.5. The summed E-state index contributed by atoms with van der Waals surface area (Å²) in [6.45, 7) is 0.595. The number of aromatic amines is 1. The van der Waals surface area contributed by atoms with Crippen molar-refractivity contribution in [3.63, 3.8) is 0 Å². The van der Waals surface area contributed by atoms with Crippen molar-refractivity contribution in [3.05, 3.63) is 35.2 Å². The number of hydrogen-bond donors (Lipinski definition) is 2. The molecular formula is C23H27N7O. The molecule has 0 amide bonds. The summed E-state index contributed by atoms with van der Waals surface area (Å²) >= 11 is 0. The van der Waals surface area contributed by atoms with E-state index in [0.717, 1.165) is 59.9 Å². The van der Waals surface area contributed by atoms with Gasteiger partial charge in [-0.15, -0.1) is 0 Å². The van der Waals surface area contributed by atoms with Crippen molar-refractivity contribution in [1.82, 2.24) is 29.7 Å². The lowest BCUT2D eigenvalue weighted by Crippen LogP contribution is -2.28. The number of rotatable bonds is 5. The number of fused-ring (bicyclic) bond motifs is 4. The van der Waals surface area contributed by atoms with Crippen molar-refractivity contribution in [2.45, 2.75) is 82.1 Å². The van der Waals surface area contributed by atoms with Gasteiger partial charge in [-0.2, -0.15) is 5.10 Å². The summed E-state index contributed by atoms with van der Waals surface area (Å²) in [7, 11) is 0. The average molecular weight is 418 g/mol. The Morgan fingerprint density at radius 3 is 2.81 bits per heavy atom. The van der Waals surface area contributed by atoms with Gasteiger partial charge in [-0.05, 0) is 57.4 Å². The topological polar surface area (TPSA) is 93.5 Å². The van der Waals surface area contributed by atoms with Crippen molar-refractivity contribution < 1.29 is 4.74 Å². The molecule has 160 valence electrons. The van der Waals surface area contributed by atoms with Crippen LogP contribution in [0.4, 0.5) is 5.82 Å². The van der Waals surface area contributed by atoms with Crippen molar-refractivity contribution in [2.75, 3.05) is 5.32 Å². The Balaban J connectivity index is 1.22. The van der Waals surface area contributed by atoms with Crippen LogP contribution in [0.1, 0.15) is 79.8 Å². The largest absolute Gasteiger partial charge is 0.375 e. The fourth-order valence-electron chi connectivity index (χ4n) is 5.38. The number of nitrogens with zero attached hydrogens (tertiary/aromatic N) is 5. The molecule has 3 aromatic heterocycles. The summed E-state index contributed by atoms with van der Waals surface area (Å²) in [6, 6.07) is 0.328. The molecule has 1 saturated carbocycles. The summed E-state index contributed by atoms with van der Waals surface area (Å²) in [6.07, 6.45) is 15.9. The Morgan fingerprint density at radius 2 is 2.00 bits per heavy atom. The molecule has 2 unspecified atom stereocenters. The average Bonchev–Trinajstić information content (AvgIpc) is 3.34. The zero-order valence-corrected chi connectivity index (χ0v) is 17.5. The first-order valence-electron chi connectivity index (χ1n) is 11.7. The van der Waals surface area contributed by atoms with Gasteiger partial charge in [0.25, 0.3) is 0 Å². The van der Waals surface area contributed by atoms with Crippen LogP contribution in [0.25, 0.3) is 17.2 Å². The monoisotopic (exact) mass is 417 g/mol. The fourth-order valence-corrected chi connectivity index (χ4v) is 5.38. The molecule has 3 aromatic rings. The maximum absolute atomic E-state index is 6.07. The lowest BCUT2D eigenvalue weighted by molar-refractivity contribution is -0.0173. The molecule has 7 rings (SSSR count). The van der Waals surface area contributed by atoms with E-state index in [4.69, 9.17) is 24.8 Å². The molecule has 2 N–H and O–H groups in total. The van der Waals surface area contributed by atoms with Crippen molar-refractivity contribution >= 4 is 23.1 Å². The molecular weight excluding hydrogens is 390 g/mol. The number of aryl methyl sites for hydroxylation is 1. The lowest BCUT2D eigenvalue weighted by atomic mass is 10.0. The molecule has 8 nitrogen and oxygen atoms in total. The van der Waals surface area contributed by atoms with E-state index in [2.05, 4.69) is 27.1 Å². The number of hydrogen-bond acceptors (Lipinski definition) is 6. The lowest BCUT2D eigenvalue weighted by Gasteiger charge is -2.28. The van der Waals surface area contributed by atoms with Crippen LogP contribution in [0, 0.1) is 0 Å². The summed E-state index contributed by atoms with van der Waals surface area (Å²) in [4.78, 5) is 18.0. The van der Waals surface area contributed by atoms with Gasteiger partial charge in [-0.3, -0.25) is 0 Å². The Bertz CT molecular complexity index is 1160. The minimum atomic E-state index is 0.328. The third kappa shape index (κ3) is 3.15. The van der Waals surface area contributed by atoms with E-state index in [9.17, 15) is 0 Å². The van der Waals surface area contributed by atoms with Gasteiger partial charge in [0, 0.05) is 17.8 Å². The maximum atomic E-state index is 6.07. The van der Waals surface area contributed by atoms with Crippen LogP contribution in [0.5, 0.6) is 0 Å². The molecule has 3 fully saturated rings. The Hall–Kier alpha value is -2.74. The molecule has 2 aliphatic heterocycles. The molecule has 0 radical (unpaired) electrons. The van der Waals surface area contributed by atoms with Crippen LogP contribution in [0.3, 0.4) is 0 Å². The van der Waals surface area contributed by atoms with Gasteiger partial charge in [0.1, 0.15) is 5.82 Å². The second kappa shape index (κ2) is 6.88. The highest BCUT2D eigenvalue weighted by Gasteiger charge is 2.37. The quantitative estimate of drug-likeness (QED) is 0.654. The molecule has 31 heavy (non-hydrogen) atoms. The number of H-pyrrole nitrogens is 1. The van der Waals surface area contributed by atoms with E-state index in [1.807, 2.05) is 6.20 Å². The van der Waals surface area contributed by atoms with Gasteiger partial charge in [-0.1, -0.05) is 6.08 Å². The van der Waals surface area contributed by atoms with Gasteiger partial charge < -0.3 is 15.0 Å². The molecule has 5 heterocycles. The first kappa shape index (κ1) is 17.9. The first-order chi connectivity index (χ1) is 15.3. The van der Waals surface area contributed by atoms with Gasteiger partial charge in [-0.25, -0.2) is 19.6 Å². The second-order valence-electron chi connectivity index (χ2n) is 9.46. The van der Waals surface area contributed by atoms with E-state index in [0.29, 0.717) is 30.7 Å². The highest BCUT2D eigenvalue weighted by molar-refractivity contribution is 5.83.